The number of pyridine rings is 1. The average molecular weight is 534 g/mol. The van der Waals surface area contributed by atoms with Gasteiger partial charge in [0.05, 0.1) is 22.7 Å². The van der Waals surface area contributed by atoms with E-state index in [-0.39, 0.29) is 28.7 Å². The zero-order valence-corrected chi connectivity index (χ0v) is 20.5. The zero-order valence-electron chi connectivity index (χ0n) is 19.7. The number of ether oxygens (including phenoxy) is 1. The first-order valence-electron chi connectivity index (χ1n) is 11.0. The highest BCUT2D eigenvalue weighted by atomic mass is 32.2. The molecule has 4 rings (SSSR count). The molecule has 0 aliphatic carbocycles. The van der Waals surface area contributed by atoms with E-state index < -0.39 is 28.1 Å². The molecule has 0 saturated carbocycles. The van der Waals surface area contributed by atoms with Crippen LogP contribution in [0, 0.1) is 0 Å². The molecule has 0 spiro atoms. The van der Waals surface area contributed by atoms with Gasteiger partial charge >= 0.3 is 12.3 Å². The van der Waals surface area contributed by atoms with Gasteiger partial charge in [-0.1, -0.05) is 32.0 Å². The lowest BCUT2D eigenvalue weighted by Gasteiger charge is -2.25. The van der Waals surface area contributed by atoms with Crippen molar-refractivity contribution in [3.8, 4) is 5.75 Å². The Kier molecular flexibility index (Phi) is 6.87. The van der Waals surface area contributed by atoms with Crippen LogP contribution in [0.5, 0.6) is 5.75 Å². The van der Waals surface area contributed by atoms with Crippen LogP contribution in [-0.4, -0.2) is 35.2 Å². The highest BCUT2D eigenvalue weighted by Gasteiger charge is 2.33. The van der Waals surface area contributed by atoms with Gasteiger partial charge in [-0.2, -0.15) is 0 Å². The second kappa shape index (κ2) is 9.77. The van der Waals surface area contributed by atoms with Gasteiger partial charge in [0.15, 0.2) is 5.82 Å². The Morgan fingerprint density at radius 1 is 1.05 bits per heavy atom. The molecule has 0 aliphatic heterocycles. The lowest BCUT2D eigenvalue weighted by atomic mass is 10.1. The van der Waals surface area contributed by atoms with Crippen molar-refractivity contribution in [2.24, 2.45) is 0 Å². The number of fused-ring (bicyclic) bond motifs is 1. The van der Waals surface area contributed by atoms with E-state index >= 15 is 0 Å². The van der Waals surface area contributed by atoms with Crippen LogP contribution in [0.15, 0.2) is 77.8 Å². The summed E-state index contributed by atoms with van der Waals surface area (Å²) in [6.07, 6.45) is -3.10. The number of benzene rings is 2. The van der Waals surface area contributed by atoms with E-state index in [1.54, 1.807) is 28.8 Å². The van der Waals surface area contributed by atoms with Crippen molar-refractivity contribution in [2.75, 3.05) is 4.31 Å². The number of aromatic nitrogens is 2. The molecule has 2 aromatic heterocycles. The minimum Gasteiger partial charge on any atom is -0.478 e. The minimum atomic E-state index is -4.86. The second-order valence-corrected chi connectivity index (χ2v) is 10.3. The van der Waals surface area contributed by atoms with Gasteiger partial charge in [-0.15, -0.1) is 13.2 Å². The Labute approximate surface area is 210 Å². The third kappa shape index (κ3) is 5.53. The molecule has 8 nitrogen and oxygen atoms in total. The van der Waals surface area contributed by atoms with Crippen LogP contribution in [0.4, 0.5) is 19.0 Å². The molecular weight excluding hydrogens is 511 g/mol. The van der Waals surface area contributed by atoms with Crippen LogP contribution in [0.2, 0.25) is 0 Å². The number of anilines is 1. The van der Waals surface area contributed by atoms with E-state index in [2.05, 4.69) is 9.72 Å². The summed E-state index contributed by atoms with van der Waals surface area (Å²) in [6, 6.07) is 14.9. The molecule has 0 unspecified atom stereocenters. The van der Waals surface area contributed by atoms with E-state index in [1.807, 2.05) is 13.8 Å². The van der Waals surface area contributed by atoms with Crippen LogP contribution in [0.1, 0.15) is 41.4 Å². The Balaban J connectivity index is 1.83. The van der Waals surface area contributed by atoms with Crippen molar-refractivity contribution in [2.45, 2.75) is 37.6 Å². The smallest absolute Gasteiger partial charge is 0.478 e. The van der Waals surface area contributed by atoms with E-state index in [0.717, 1.165) is 16.4 Å². The molecule has 0 fully saturated rings. The van der Waals surface area contributed by atoms with Crippen molar-refractivity contribution >= 4 is 27.5 Å². The molecule has 2 aromatic carbocycles. The second-order valence-electron chi connectivity index (χ2n) is 8.44. The molecule has 12 heteroatoms. The van der Waals surface area contributed by atoms with E-state index in [4.69, 9.17) is 0 Å². The number of nitrogens with zero attached hydrogens (tertiary/aromatic N) is 3. The van der Waals surface area contributed by atoms with E-state index in [0.29, 0.717) is 16.9 Å². The predicted octanol–water partition coefficient (Wildman–Crippen LogP) is 5.45. The number of carboxylic acid groups (broad SMARTS) is 1. The number of halogens is 3. The fourth-order valence-corrected chi connectivity index (χ4v) is 5.27. The summed E-state index contributed by atoms with van der Waals surface area (Å²) < 4.78 is 72.2. The molecule has 1 N–H and O–H groups in total. The zero-order chi connectivity index (χ0) is 27.0. The summed E-state index contributed by atoms with van der Waals surface area (Å²) >= 11 is 0. The third-order valence-corrected chi connectivity index (χ3v) is 7.25. The highest BCUT2D eigenvalue weighted by Crippen LogP contribution is 2.34. The molecule has 2 heterocycles. The topological polar surface area (TPSA) is 101 Å². The van der Waals surface area contributed by atoms with Gasteiger partial charge in [-0.25, -0.2) is 22.5 Å². The van der Waals surface area contributed by atoms with Gasteiger partial charge in [-0.05, 0) is 60.0 Å². The van der Waals surface area contributed by atoms with Gasteiger partial charge in [-0.3, -0.25) is 0 Å². The first kappa shape index (κ1) is 26.0. The monoisotopic (exact) mass is 533 g/mol. The molecule has 4 aromatic rings. The molecule has 0 radical (unpaired) electrons. The van der Waals surface area contributed by atoms with Gasteiger partial charge in [0.2, 0.25) is 0 Å². The number of rotatable bonds is 8. The number of alkyl halides is 3. The molecular formula is C25H22F3N3O5S. The van der Waals surface area contributed by atoms with E-state index in [9.17, 15) is 31.5 Å². The van der Waals surface area contributed by atoms with Gasteiger partial charge < -0.3 is 14.2 Å². The fraction of sp³-hybridized carbons (Fsp3) is 0.200. The average Bonchev–Trinajstić information content (AvgIpc) is 3.22. The van der Waals surface area contributed by atoms with Crippen LogP contribution in [-0.2, 0) is 16.6 Å². The predicted molar refractivity (Wildman–Crippen MR) is 129 cm³/mol. The van der Waals surface area contributed by atoms with Crippen LogP contribution in [0.25, 0.3) is 5.65 Å². The minimum absolute atomic E-state index is 0.0821. The normalized spacial score (nSPS) is 12.2. The van der Waals surface area contributed by atoms with E-state index in [1.165, 1.54) is 36.4 Å². The molecule has 0 aliphatic rings. The Morgan fingerprint density at radius 2 is 1.70 bits per heavy atom. The SMILES string of the molecule is CC(C)c1c(N(Cc2ccc(OC(F)(F)F)cc2)S(=O)(=O)c2ccc(C(=O)O)cc2)nc2ccccn12. The summed E-state index contributed by atoms with van der Waals surface area (Å²) in [5.41, 5.74) is 1.42. The van der Waals surface area contributed by atoms with Crippen LogP contribution in [0.3, 0.4) is 0 Å². The summed E-state index contributed by atoms with van der Waals surface area (Å²) in [4.78, 5) is 15.6. The molecule has 37 heavy (non-hydrogen) atoms. The van der Waals surface area contributed by atoms with Crippen molar-refractivity contribution in [3.63, 3.8) is 0 Å². The number of hydrogen-bond donors (Lipinski definition) is 1. The molecule has 0 atom stereocenters. The number of imidazole rings is 1. The first-order valence-corrected chi connectivity index (χ1v) is 12.5. The number of hydrogen-bond acceptors (Lipinski definition) is 5. The maximum atomic E-state index is 13.9. The summed E-state index contributed by atoms with van der Waals surface area (Å²) in [5.74, 6) is -1.64. The molecule has 0 amide bonds. The summed E-state index contributed by atoms with van der Waals surface area (Å²) in [5, 5.41) is 9.18. The summed E-state index contributed by atoms with van der Waals surface area (Å²) in [7, 11) is -4.28. The largest absolute Gasteiger partial charge is 0.573 e. The third-order valence-electron chi connectivity index (χ3n) is 5.50. The van der Waals surface area contributed by atoms with Crippen molar-refractivity contribution in [3.05, 3.63) is 89.7 Å². The lowest BCUT2D eigenvalue weighted by molar-refractivity contribution is -0.274. The van der Waals surface area contributed by atoms with Crippen molar-refractivity contribution in [1.82, 2.24) is 9.38 Å². The van der Waals surface area contributed by atoms with Gasteiger partial charge in [0.1, 0.15) is 11.4 Å². The van der Waals surface area contributed by atoms with Crippen LogP contribution < -0.4 is 9.04 Å². The van der Waals surface area contributed by atoms with Crippen LogP contribution >= 0.6 is 0 Å². The number of sulfonamides is 1. The van der Waals surface area contributed by atoms with Crippen molar-refractivity contribution in [1.29, 1.82) is 0 Å². The van der Waals surface area contributed by atoms with Crippen molar-refractivity contribution < 1.29 is 36.2 Å². The summed E-state index contributed by atoms with van der Waals surface area (Å²) in [6.45, 7) is 3.52. The maximum Gasteiger partial charge on any atom is 0.573 e. The number of aromatic carboxylic acids is 1. The van der Waals surface area contributed by atoms with Gasteiger partial charge in [0, 0.05) is 6.20 Å². The standard InChI is InChI=1S/C25H22F3N3O5S/c1-16(2)22-23(29-21-5-3-4-14-30(21)22)31(15-17-6-10-19(11-7-17)36-25(26,27)28)37(34,35)20-12-8-18(9-13-20)24(32)33/h3-14,16H,15H2,1-2H3,(H,32,33). The molecule has 194 valence electrons. The Hall–Kier alpha value is -4.06. The lowest BCUT2D eigenvalue weighted by Crippen LogP contribution is -2.32. The first-order chi connectivity index (χ1) is 17.4. The fourth-order valence-electron chi connectivity index (χ4n) is 3.86. The molecule has 0 bridgehead atoms. The highest BCUT2D eigenvalue weighted by molar-refractivity contribution is 7.92. The van der Waals surface area contributed by atoms with Gasteiger partial charge in [0.25, 0.3) is 10.0 Å². The Morgan fingerprint density at radius 3 is 2.27 bits per heavy atom. The quantitative estimate of drug-likeness (QED) is 0.323. The molecule has 0 saturated heterocycles. The Bertz CT molecular complexity index is 1530. The maximum absolute atomic E-state index is 13.9. The number of carboxylic acids is 1. The number of carbonyl (C=O) groups is 1.